The quantitative estimate of drug-likeness (QED) is 0.336. The molecule has 2 aliphatic heterocycles. The van der Waals surface area contributed by atoms with Gasteiger partial charge in [-0.2, -0.15) is 5.10 Å². The maximum atomic E-state index is 13.7. The summed E-state index contributed by atoms with van der Waals surface area (Å²) in [6.45, 7) is 3.48. The fourth-order valence-electron chi connectivity index (χ4n) is 3.96. The van der Waals surface area contributed by atoms with Crippen LogP contribution in [0.1, 0.15) is 18.1 Å². The van der Waals surface area contributed by atoms with Gasteiger partial charge in [-0.05, 0) is 37.1 Å². The summed E-state index contributed by atoms with van der Waals surface area (Å²) in [7, 11) is 0. The van der Waals surface area contributed by atoms with Crippen LogP contribution in [0.2, 0.25) is 0 Å². The average molecular weight is 422 g/mol. The molecule has 0 bridgehead atoms. The lowest BCUT2D eigenvalue weighted by atomic mass is 9.78. The number of amides is 2. The maximum Gasteiger partial charge on any atom is 0.355 e. The first kappa shape index (κ1) is 20.2. The van der Waals surface area contributed by atoms with Crippen LogP contribution in [0.15, 0.2) is 53.6 Å². The van der Waals surface area contributed by atoms with Crippen molar-refractivity contribution >= 4 is 34.9 Å². The Hall–Kier alpha value is -4.08. The Kier molecular flexibility index (Phi) is 4.77. The monoisotopic (exact) mass is 422 g/mol. The SMILES string of the molecule is CCOC(=O)C1=NN[C@]2(c3cccc([N+](=O)[O-])c3)C(=O)N(c3cccc(C)c3)C(=O)[C@@H]12. The molecule has 31 heavy (non-hydrogen) atoms. The summed E-state index contributed by atoms with van der Waals surface area (Å²) < 4.78 is 5.02. The summed E-state index contributed by atoms with van der Waals surface area (Å²) in [5.74, 6) is -3.52. The highest BCUT2D eigenvalue weighted by atomic mass is 16.6. The second-order valence-electron chi connectivity index (χ2n) is 7.20. The lowest BCUT2D eigenvalue weighted by Gasteiger charge is -2.26. The molecular weight excluding hydrogens is 404 g/mol. The van der Waals surface area contributed by atoms with Crippen LogP contribution in [0.3, 0.4) is 0 Å². The predicted octanol–water partition coefficient (Wildman–Crippen LogP) is 1.81. The molecule has 2 aromatic carbocycles. The number of carbonyl (C=O) groups excluding carboxylic acids is 3. The first-order valence-electron chi connectivity index (χ1n) is 9.53. The van der Waals surface area contributed by atoms with Crippen molar-refractivity contribution in [3.8, 4) is 0 Å². The highest BCUT2D eigenvalue weighted by molar-refractivity contribution is 6.47. The molecule has 2 atom stereocenters. The van der Waals surface area contributed by atoms with Gasteiger partial charge >= 0.3 is 5.97 Å². The van der Waals surface area contributed by atoms with Crippen LogP contribution in [-0.2, 0) is 24.7 Å². The lowest BCUT2D eigenvalue weighted by Crippen LogP contribution is -2.48. The zero-order chi connectivity index (χ0) is 22.3. The Bertz CT molecular complexity index is 1160. The number of nitrogens with one attached hydrogen (secondary N) is 1. The zero-order valence-corrected chi connectivity index (χ0v) is 16.7. The topological polar surface area (TPSA) is 131 Å². The summed E-state index contributed by atoms with van der Waals surface area (Å²) in [6, 6.07) is 12.2. The molecule has 0 aliphatic carbocycles. The summed E-state index contributed by atoms with van der Waals surface area (Å²) >= 11 is 0. The molecule has 1 saturated heterocycles. The average Bonchev–Trinajstić information content (AvgIpc) is 3.24. The predicted molar refractivity (Wildman–Crippen MR) is 109 cm³/mol. The normalized spacial score (nSPS) is 22.1. The molecule has 0 saturated carbocycles. The molecule has 1 N–H and O–H groups in total. The van der Waals surface area contributed by atoms with Crippen molar-refractivity contribution in [2.45, 2.75) is 19.4 Å². The van der Waals surface area contributed by atoms with Crippen LogP contribution >= 0.6 is 0 Å². The maximum absolute atomic E-state index is 13.7. The Morgan fingerprint density at radius 2 is 2.00 bits per heavy atom. The van der Waals surface area contributed by atoms with Crippen LogP contribution in [0.25, 0.3) is 0 Å². The number of nitrogens with zero attached hydrogens (tertiary/aromatic N) is 3. The lowest BCUT2D eigenvalue weighted by molar-refractivity contribution is -0.385. The standard InChI is InChI=1S/C21H18N4O6/c1-3-31-19(27)17-16-18(26)24(14-8-4-6-12(2)10-14)20(28)21(16,23-22-17)13-7-5-9-15(11-13)25(29)30/h4-11,16,23H,3H2,1-2H3/t16-,21+/m1/s1. The number of nitro benzene ring substituents is 1. The van der Waals surface area contributed by atoms with Crippen LogP contribution in [-0.4, -0.2) is 35.0 Å². The van der Waals surface area contributed by atoms with Gasteiger partial charge in [-0.15, -0.1) is 0 Å². The van der Waals surface area contributed by atoms with Gasteiger partial charge in [0.2, 0.25) is 5.91 Å². The van der Waals surface area contributed by atoms with Crippen molar-refractivity contribution < 1.29 is 24.0 Å². The van der Waals surface area contributed by atoms with Gasteiger partial charge in [0, 0.05) is 12.1 Å². The van der Waals surface area contributed by atoms with E-state index in [0.717, 1.165) is 10.5 Å². The molecule has 10 nitrogen and oxygen atoms in total. The second-order valence-corrected chi connectivity index (χ2v) is 7.20. The fourth-order valence-corrected chi connectivity index (χ4v) is 3.96. The van der Waals surface area contributed by atoms with Crippen LogP contribution in [0, 0.1) is 23.0 Å². The van der Waals surface area contributed by atoms with E-state index in [-0.39, 0.29) is 23.6 Å². The molecule has 2 aliphatic rings. The Morgan fingerprint density at radius 1 is 1.26 bits per heavy atom. The number of anilines is 1. The Balaban J connectivity index is 1.90. The molecule has 0 aromatic heterocycles. The Labute approximate surface area is 176 Å². The highest BCUT2D eigenvalue weighted by Crippen LogP contribution is 2.45. The third-order valence-electron chi connectivity index (χ3n) is 5.32. The molecule has 10 heteroatoms. The van der Waals surface area contributed by atoms with Gasteiger partial charge in [-0.1, -0.05) is 24.3 Å². The number of benzene rings is 2. The van der Waals surface area contributed by atoms with E-state index in [2.05, 4.69) is 10.5 Å². The molecule has 0 unspecified atom stereocenters. The number of non-ortho nitro benzene ring substituents is 1. The molecule has 158 valence electrons. The minimum atomic E-state index is -1.80. The van der Waals surface area contributed by atoms with Gasteiger partial charge in [0.05, 0.1) is 17.2 Å². The van der Waals surface area contributed by atoms with Crippen molar-refractivity contribution in [2.75, 3.05) is 11.5 Å². The second kappa shape index (κ2) is 7.31. The van der Waals surface area contributed by atoms with Gasteiger partial charge in [-0.3, -0.25) is 25.1 Å². The van der Waals surface area contributed by atoms with Gasteiger partial charge < -0.3 is 4.74 Å². The van der Waals surface area contributed by atoms with E-state index in [1.165, 1.54) is 24.3 Å². The number of fused-ring (bicyclic) bond motifs is 1. The summed E-state index contributed by atoms with van der Waals surface area (Å²) in [5, 5.41) is 15.3. The summed E-state index contributed by atoms with van der Waals surface area (Å²) in [6.07, 6.45) is 0. The van der Waals surface area contributed by atoms with Gasteiger partial charge in [0.1, 0.15) is 5.92 Å². The molecule has 2 heterocycles. The third-order valence-corrected chi connectivity index (χ3v) is 5.32. The fraction of sp³-hybridized carbons (Fsp3) is 0.238. The molecule has 2 amide bonds. The van der Waals surface area contributed by atoms with Gasteiger partial charge in [-0.25, -0.2) is 9.69 Å². The number of imide groups is 1. The van der Waals surface area contributed by atoms with Crippen LogP contribution in [0.4, 0.5) is 11.4 Å². The summed E-state index contributed by atoms with van der Waals surface area (Å²) in [5.41, 5.74) is 1.66. The van der Waals surface area contributed by atoms with Crippen molar-refractivity contribution in [1.82, 2.24) is 5.43 Å². The van der Waals surface area contributed by atoms with E-state index in [1.807, 2.05) is 13.0 Å². The number of ether oxygens (including phenoxy) is 1. The van der Waals surface area contributed by atoms with Crippen molar-refractivity contribution in [1.29, 1.82) is 0 Å². The number of nitro groups is 1. The van der Waals surface area contributed by atoms with E-state index in [4.69, 9.17) is 4.74 Å². The summed E-state index contributed by atoms with van der Waals surface area (Å²) in [4.78, 5) is 51.3. The van der Waals surface area contributed by atoms with E-state index >= 15 is 0 Å². The smallest absolute Gasteiger partial charge is 0.355 e. The van der Waals surface area contributed by atoms with Crippen molar-refractivity contribution in [2.24, 2.45) is 11.0 Å². The number of hydrazone groups is 1. The van der Waals surface area contributed by atoms with Crippen molar-refractivity contribution in [3.63, 3.8) is 0 Å². The molecule has 1 fully saturated rings. The molecule has 2 aromatic rings. The molecule has 0 spiro atoms. The van der Waals surface area contributed by atoms with Gasteiger partial charge in [0.15, 0.2) is 11.3 Å². The van der Waals surface area contributed by atoms with E-state index in [9.17, 15) is 24.5 Å². The molecule has 4 rings (SSSR count). The van der Waals surface area contributed by atoms with Crippen LogP contribution in [0.5, 0.6) is 0 Å². The van der Waals surface area contributed by atoms with E-state index in [1.54, 1.807) is 25.1 Å². The Morgan fingerprint density at radius 3 is 2.68 bits per heavy atom. The highest BCUT2D eigenvalue weighted by Gasteiger charge is 2.67. The number of carbonyl (C=O) groups is 3. The third kappa shape index (κ3) is 2.95. The number of hydrogen-bond acceptors (Lipinski definition) is 8. The molecular formula is C21H18N4O6. The zero-order valence-electron chi connectivity index (χ0n) is 16.7. The van der Waals surface area contributed by atoms with Gasteiger partial charge in [0.25, 0.3) is 11.6 Å². The van der Waals surface area contributed by atoms with Crippen LogP contribution < -0.4 is 10.3 Å². The number of aryl methyl sites for hydroxylation is 1. The largest absolute Gasteiger partial charge is 0.461 e. The minimum Gasteiger partial charge on any atom is -0.461 e. The van der Waals surface area contributed by atoms with E-state index < -0.39 is 34.2 Å². The number of esters is 1. The number of rotatable bonds is 5. The first-order chi connectivity index (χ1) is 14.8. The van der Waals surface area contributed by atoms with Crippen molar-refractivity contribution in [3.05, 3.63) is 69.8 Å². The first-order valence-corrected chi connectivity index (χ1v) is 9.53. The number of hydrogen-bond donors (Lipinski definition) is 1. The molecule has 0 radical (unpaired) electrons. The van der Waals surface area contributed by atoms with E-state index in [0.29, 0.717) is 5.69 Å². The minimum absolute atomic E-state index is 0.0537.